The van der Waals surface area contributed by atoms with Crippen molar-refractivity contribution in [3.8, 4) is 0 Å². The van der Waals surface area contributed by atoms with Crippen molar-refractivity contribution in [2.75, 3.05) is 12.0 Å². The van der Waals surface area contributed by atoms with E-state index in [1.807, 2.05) is 6.92 Å². The highest BCUT2D eigenvalue weighted by Crippen LogP contribution is 2.44. The first kappa shape index (κ1) is 14.2. The van der Waals surface area contributed by atoms with Gasteiger partial charge in [0, 0.05) is 12.6 Å². The van der Waals surface area contributed by atoms with E-state index in [1.54, 1.807) is 0 Å². The zero-order valence-corrected chi connectivity index (χ0v) is 11.8. The number of anilines is 1. The van der Waals surface area contributed by atoms with Gasteiger partial charge in [0.15, 0.2) is 5.00 Å². The first-order valence-corrected chi connectivity index (χ1v) is 7.82. The Bertz CT molecular complexity index is 606. The minimum Gasteiger partial charge on any atom is -0.310 e. The third-order valence-electron chi connectivity index (χ3n) is 3.08. The highest BCUT2D eigenvalue weighted by molar-refractivity contribution is 7.91. The molecule has 106 valence electrons. The lowest BCUT2D eigenvalue weighted by atomic mass is 10.2. The van der Waals surface area contributed by atoms with Crippen LogP contribution in [-0.4, -0.2) is 19.9 Å². The van der Waals surface area contributed by atoms with Gasteiger partial charge in [-0.3, -0.25) is 10.1 Å². The number of nitro groups is 1. The zero-order chi connectivity index (χ0) is 14.3. The van der Waals surface area contributed by atoms with E-state index in [0.717, 1.165) is 30.2 Å². The van der Waals surface area contributed by atoms with Crippen LogP contribution < -0.4 is 16.0 Å². The van der Waals surface area contributed by atoms with Crippen LogP contribution in [-0.2, 0) is 10.0 Å². The number of thiophene rings is 1. The highest BCUT2D eigenvalue weighted by Gasteiger charge is 2.38. The Morgan fingerprint density at radius 3 is 2.63 bits per heavy atom. The number of hydrogen-bond acceptors (Lipinski definition) is 7. The van der Waals surface area contributed by atoms with Gasteiger partial charge in [0.1, 0.15) is 4.21 Å². The fraction of sp³-hybridized carbons (Fsp3) is 0.556. The summed E-state index contributed by atoms with van der Waals surface area (Å²) in [5.41, 5.74) is 1.82. The molecule has 10 heteroatoms. The van der Waals surface area contributed by atoms with Gasteiger partial charge in [-0.25, -0.2) is 19.0 Å². The Kier molecular flexibility index (Phi) is 3.51. The van der Waals surface area contributed by atoms with Crippen molar-refractivity contribution >= 4 is 32.0 Å². The first-order valence-electron chi connectivity index (χ1n) is 5.52. The molecule has 8 nitrogen and oxygen atoms in total. The molecular formula is C9H14N4O4S2. The maximum atomic E-state index is 12.0. The highest BCUT2D eigenvalue weighted by atomic mass is 32.2. The molecule has 0 spiro atoms. The summed E-state index contributed by atoms with van der Waals surface area (Å²) in [6.45, 7) is 2.33. The summed E-state index contributed by atoms with van der Waals surface area (Å²) in [5.74, 6) is 5.14. The summed E-state index contributed by atoms with van der Waals surface area (Å²) in [6, 6.07) is 1.01. The molecule has 0 radical (unpaired) electrons. The second-order valence-corrected chi connectivity index (χ2v) is 7.86. The smallest absolute Gasteiger partial charge is 0.306 e. The van der Waals surface area contributed by atoms with Gasteiger partial charge in [-0.05, 0) is 18.3 Å². The van der Waals surface area contributed by atoms with Gasteiger partial charge in [-0.2, -0.15) is 0 Å². The standard InChI is InChI=1S/C9H14N4O4S2/c1-9(2-3-9)5-11-19(16,17)7-4-6(13(14)15)8(12-10)18-7/h4,11-12H,2-3,5,10H2,1H3. The Balaban J connectivity index is 2.22. The van der Waals surface area contributed by atoms with Crippen LogP contribution in [0.4, 0.5) is 10.7 Å². The number of nitrogen functional groups attached to an aromatic ring is 1. The summed E-state index contributed by atoms with van der Waals surface area (Å²) >= 11 is 0.738. The molecule has 1 aromatic rings. The summed E-state index contributed by atoms with van der Waals surface area (Å²) in [5, 5.41) is 10.8. The average molecular weight is 306 g/mol. The summed E-state index contributed by atoms with van der Waals surface area (Å²) in [7, 11) is -3.73. The molecule has 0 aromatic carbocycles. The van der Waals surface area contributed by atoms with Crippen LogP contribution in [0.15, 0.2) is 10.3 Å². The number of hydrogen-bond donors (Lipinski definition) is 3. The Hall–Kier alpha value is -1.23. The van der Waals surface area contributed by atoms with Crippen molar-refractivity contribution in [3.63, 3.8) is 0 Å². The normalized spacial score (nSPS) is 17.2. The molecule has 4 N–H and O–H groups in total. The van der Waals surface area contributed by atoms with Gasteiger partial charge in [-0.15, -0.1) is 0 Å². The van der Waals surface area contributed by atoms with Crippen LogP contribution in [0.1, 0.15) is 19.8 Å². The molecular weight excluding hydrogens is 292 g/mol. The average Bonchev–Trinajstić information content (AvgIpc) is 2.92. The lowest BCUT2D eigenvalue weighted by Gasteiger charge is -2.09. The van der Waals surface area contributed by atoms with E-state index < -0.39 is 14.9 Å². The third-order valence-corrected chi connectivity index (χ3v) is 6.01. The van der Waals surface area contributed by atoms with E-state index in [-0.39, 0.29) is 20.3 Å². The van der Waals surface area contributed by atoms with E-state index in [9.17, 15) is 18.5 Å². The van der Waals surface area contributed by atoms with Crippen molar-refractivity contribution in [3.05, 3.63) is 16.2 Å². The largest absolute Gasteiger partial charge is 0.310 e. The van der Waals surface area contributed by atoms with Gasteiger partial charge in [0.05, 0.1) is 4.92 Å². The number of nitrogens with one attached hydrogen (secondary N) is 2. The molecule has 0 atom stereocenters. The summed E-state index contributed by atoms with van der Waals surface area (Å²) in [6.07, 6.45) is 1.96. The second-order valence-electron chi connectivity index (χ2n) is 4.82. The SMILES string of the molecule is CC1(CNS(=O)(=O)c2cc([N+](=O)[O-])c(NN)s2)CC1. The molecule has 0 aliphatic heterocycles. The molecule has 0 unspecified atom stereocenters. The van der Waals surface area contributed by atoms with Crippen LogP contribution >= 0.6 is 11.3 Å². The molecule has 1 aliphatic rings. The van der Waals surface area contributed by atoms with Crippen molar-refractivity contribution in [1.82, 2.24) is 4.72 Å². The topological polar surface area (TPSA) is 127 Å². The van der Waals surface area contributed by atoms with Crippen LogP contribution in [0.3, 0.4) is 0 Å². The van der Waals surface area contributed by atoms with Crippen LogP contribution in [0.25, 0.3) is 0 Å². The number of sulfonamides is 1. The maximum absolute atomic E-state index is 12.0. The fourth-order valence-electron chi connectivity index (χ4n) is 1.46. The lowest BCUT2D eigenvalue weighted by molar-refractivity contribution is -0.383. The molecule has 1 aliphatic carbocycles. The predicted molar refractivity (Wildman–Crippen MR) is 71.3 cm³/mol. The number of nitrogens with zero attached hydrogens (tertiary/aromatic N) is 1. The van der Waals surface area contributed by atoms with Gasteiger partial charge in [0.2, 0.25) is 10.0 Å². The van der Waals surface area contributed by atoms with Crippen LogP contribution in [0.5, 0.6) is 0 Å². The van der Waals surface area contributed by atoms with Crippen molar-refractivity contribution in [1.29, 1.82) is 0 Å². The first-order chi connectivity index (χ1) is 8.77. The van der Waals surface area contributed by atoms with Crippen LogP contribution in [0.2, 0.25) is 0 Å². The van der Waals surface area contributed by atoms with E-state index in [1.165, 1.54) is 0 Å². The molecule has 1 aromatic heterocycles. The monoisotopic (exact) mass is 306 g/mol. The molecule has 2 rings (SSSR count). The molecule has 0 amide bonds. The lowest BCUT2D eigenvalue weighted by Crippen LogP contribution is -2.28. The zero-order valence-electron chi connectivity index (χ0n) is 10.2. The van der Waals surface area contributed by atoms with Gasteiger partial charge < -0.3 is 5.43 Å². The van der Waals surface area contributed by atoms with Gasteiger partial charge >= 0.3 is 5.69 Å². The number of hydrazine groups is 1. The minimum absolute atomic E-state index is 0.0167. The van der Waals surface area contributed by atoms with Crippen LogP contribution in [0, 0.1) is 15.5 Å². The molecule has 1 fully saturated rings. The fourth-order valence-corrected chi connectivity index (χ4v) is 3.94. The Labute approximate surface area is 114 Å². The molecule has 0 bridgehead atoms. The minimum atomic E-state index is -3.73. The second kappa shape index (κ2) is 4.71. The van der Waals surface area contributed by atoms with Crippen molar-refractivity contribution in [2.45, 2.75) is 24.0 Å². The van der Waals surface area contributed by atoms with Crippen molar-refractivity contribution < 1.29 is 13.3 Å². The molecule has 1 saturated carbocycles. The third kappa shape index (κ3) is 3.03. The quantitative estimate of drug-likeness (QED) is 0.409. The summed E-state index contributed by atoms with van der Waals surface area (Å²) < 4.78 is 26.4. The predicted octanol–water partition coefficient (Wildman–Crippen LogP) is 1.02. The van der Waals surface area contributed by atoms with Crippen molar-refractivity contribution in [2.24, 2.45) is 11.3 Å². The molecule has 19 heavy (non-hydrogen) atoms. The van der Waals surface area contributed by atoms with Gasteiger partial charge in [-0.1, -0.05) is 18.3 Å². The molecule has 0 saturated heterocycles. The van der Waals surface area contributed by atoms with E-state index in [4.69, 9.17) is 5.84 Å². The van der Waals surface area contributed by atoms with E-state index >= 15 is 0 Å². The maximum Gasteiger partial charge on any atom is 0.306 e. The number of nitrogens with two attached hydrogens (primary N) is 1. The van der Waals surface area contributed by atoms with E-state index in [0.29, 0.717) is 6.54 Å². The van der Waals surface area contributed by atoms with Gasteiger partial charge in [0.25, 0.3) is 0 Å². The Morgan fingerprint density at radius 2 is 2.21 bits per heavy atom. The Morgan fingerprint density at radius 1 is 1.58 bits per heavy atom. The number of rotatable bonds is 6. The van der Waals surface area contributed by atoms with E-state index in [2.05, 4.69) is 10.1 Å². The summed E-state index contributed by atoms with van der Waals surface area (Å²) in [4.78, 5) is 10.1. The molecule has 1 heterocycles.